The van der Waals surface area contributed by atoms with Crippen molar-refractivity contribution in [3.05, 3.63) is 29.8 Å². The zero-order valence-corrected chi connectivity index (χ0v) is 11.6. The summed E-state index contributed by atoms with van der Waals surface area (Å²) >= 11 is 0. The fourth-order valence-electron chi connectivity index (χ4n) is 2.28. The molecule has 17 heavy (non-hydrogen) atoms. The largest absolute Gasteiger partial charge is 0.381 e. The van der Waals surface area contributed by atoms with Gasteiger partial charge in [0.15, 0.2) is 0 Å². The minimum atomic E-state index is 0.501. The molecule has 2 atom stereocenters. The Hall–Kier alpha value is -1.02. The van der Waals surface area contributed by atoms with E-state index in [1.54, 1.807) is 0 Å². The number of hydrogen-bond acceptors (Lipinski definition) is 2. The second-order valence-electron chi connectivity index (χ2n) is 4.66. The summed E-state index contributed by atoms with van der Waals surface area (Å²) in [4.78, 5) is 0. The van der Waals surface area contributed by atoms with Gasteiger partial charge < -0.3 is 10.6 Å². The Kier molecular flexibility index (Phi) is 6.06. The van der Waals surface area contributed by atoms with E-state index in [4.69, 9.17) is 0 Å². The Balaban J connectivity index is 2.72. The van der Waals surface area contributed by atoms with Gasteiger partial charge in [-0.2, -0.15) is 0 Å². The summed E-state index contributed by atoms with van der Waals surface area (Å²) in [6.45, 7) is 6.64. The zero-order valence-electron chi connectivity index (χ0n) is 11.6. The zero-order chi connectivity index (χ0) is 12.7. The highest BCUT2D eigenvalue weighted by atomic mass is 15.0. The van der Waals surface area contributed by atoms with E-state index in [2.05, 4.69) is 62.7 Å². The van der Waals surface area contributed by atoms with Crippen molar-refractivity contribution in [2.24, 2.45) is 0 Å². The van der Waals surface area contributed by atoms with Gasteiger partial charge in [0, 0.05) is 17.8 Å². The highest BCUT2D eigenvalue weighted by Crippen LogP contribution is 2.18. The molecule has 0 radical (unpaired) electrons. The van der Waals surface area contributed by atoms with Crippen molar-refractivity contribution in [1.29, 1.82) is 0 Å². The van der Waals surface area contributed by atoms with Crippen LogP contribution in [0.4, 0.5) is 5.69 Å². The van der Waals surface area contributed by atoms with Crippen LogP contribution in [0.3, 0.4) is 0 Å². The van der Waals surface area contributed by atoms with Gasteiger partial charge in [-0.15, -0.1) is 0 Å². The lowest BCUT2D eigenvalue weighted by Crippen LogP contribution is -2.42. The van der Waals surface area contributed by atoms with Crippen LogP contribution < -0.4 is 10.6 Å². The van der Waals surface area contributed by atoms with Crippen LogP contribution in [0.2, 0.25) is 0 Å². The number of hydrogen-bond donors (Lipinski definition) is 2. The first-order chi connectivity index (χ1) is 8.22. The predicted molar refractivity (Wildman–Crippen MR) is 76.6 cm³/mol. The van der Waals surface area contributed by atoms with Crippen molar-refractivity contribution in [3.63, 3.8) is 0 Å². The lowest BCUT2D eigenvalue weighted by Gasteiger charge is -2.28. The molecule has 0 aliphatic rings. The first-order valence-corrected chi connectivity index (χ1v) is 6.72. The molecule has 2 N–H and O–H groups in total. The van der Waals surface area contributed by atoms with Gasteiger partial charge in [0.25, 0.3) is 0 Å². The van der Waals surface area contributed by atoms with Crippen molar-refractivity contribution in [2.45, 2.75) is 52.1 Å². The first kappa shape index (κ1) is 14.0. The number of nitrogens with one attached hydrogen (secondary N) is 2. The van der Waals surface area contributed by atoms with E-state index in [1.807, 2.05) is 0 Å². The summed E-state index contributed by atoms with van der Waals surface area (Å²) in [6, 6.07) is 9.55. The Labute approximate surface area is 106 Å². The van der Waals surface area contributed by atoms with Crippen molar-refractivity contribution < 1.29 is 0 Å². The Morgan fingerprint density at radius 2 is 1.82 bits per heavy atom. The van der Waals surface area contributed by atoms with Crippen LogP contribution in [-0.2, 0) is 0 Å². The number of para-hydroxylation sites is 1. The van der Waals surface area contributed by atoms with Gasteiger partial charge in [0.2, 0.25) is 0 Å². The molecular formula is C15H26N2. The first-order valence-electron chi connectivity index (χ1n) is 6.72. The smallest absolute Gasteiger partial charge is 0.0411 e. The molecule has 0 aliphatic heterocycles. The average molecular weight is 234 g/mol. The van der Waals surface area contributed by atoms with Crippen molar-refractivity contribution in [1.82, 2.24) is 5.32 Å². The Morgan fingerprint density at radius 3 is 2.35 bits per heavy atom. The normalized spacial score (nSPS) is 14.4. The summed E-state index contributed by atoms with van der Waals surface area (Å²) in [5.41, 5.74) is 2.58. The molecule has 0 bridgehead atoms. The summed E-state index contributed by atoms with van der Waals surface area (Å²) in [5.74, 6) is 0. The van der Waals surface area contributed by atoms with E-state index in [9.17, 15) is 0 Å². The topological polar surface area (TPSA) is 24.1 Å². The van der Waals surface area contributed by atoms with Gasteiger partial charge in [-0.05, 0) is 38.4 Å². The summed E-state index contributed by atoms with van der Waals surface area (Å²) in [5, 5.41) is 7.10. The SMILES string of the molecule is CCCC(NC)C(CC)Nc1ccccc1C. The molecule has 2 nitrogen and oxygen atoms in total. The molecule has 0 amide bonds. The van der Waals surface area contributed by atoms with Gasteiger partial charge >= 0.3 is 0 Å². The third-order valence-electron chi connectivity index (χ3n) is 3.38. The monoisotopic (exact) mass is 234 g/mol. The summed E-state index contributed by atoms with van der Waals surface area (Å²) in [7, 11) is 2.06. The molecule has 1 rings (SSSR count). The van der Waals surface area contributed by atoms with Crippen molar-refractivity contribution in [2.75, 3.05) is 12.4 Å². The molecular weight excluding hydrogens is 208 g/mol. The molecule has 0 aliphatic carbocycles. The highest BCUT2D eigenvalue weighted by molar-refractivity contribution is 5.51. The van der Waals surface area contributed by atoms with E-state index >= 15 is 0 Å². The molecule has 1 aromatic carbocycles. The quantitative estimate of drug-likeness (QED) is 0.753. The van der Waals surface area contributed by atoms with Crippen molar-refractivity contribution >= 4 is 5.69 Å². The van der Waals surface area contributed by atoms with Crippen LogP contribution >= 0.6 is 0 Å². The molecule has 0 heterocycles. The van der Waals surface area contributed by atoms with Gasteiger partial charge in [0.05, 0.1) is 0 Å². The van der Waals surface area contributed by atoms with E-state index in [0.29, 0.717) is 12.1 Å². The molecule has 1 aromatic rings. The molecule has 0 saturated carbocycles. The molecule has 2 unspecified atom stereocenters. The highest BCUT2D eigenvalue weighted by Gasteiger charge is 2.17. The van der Waals surface area contributed by atoms with Gasteiger partial charge in [0.1, 0.15) is 0 Å². The van der Waals surface area contributed by atoms with Crippen LogP contribution in [0.25, 0.3) is 0 Å². The number of aryl methyl sites for hydroxylation is 1. The van der Waals surface area contributed by atoms with Crippen molar-refractivity contribution in [3.8, 4) is 0 Å². The minimum Gasteiger partial charge on any atom is -0.381 e. The van der Waals surface area contributed by atoms with E-state index in [0.717, 1.165) is 6.42 Å². The number of rotatable bonds is 7. The molecule has 0 fully saturated rings. The van der Waals surface area contributed by atoms with Crippen LogP contribution in [0.5, 0.6) is 0 Å². The molecule has 0 spiro atoms. The molecule has 0 saturated heterocycles. The van der Waals surface area contributed by atoms with Crippen LogP contribution in [-0.4, -0.2) is 19.1 Å². The van der Waals surface area contributed by atoms with Gasteiger partial charge in [-0.1, -0.05) is 38.5 Å². The third kappa shape index (κ3) is 4.04. The Morgan fingerprint density at radius 1 is 1.12 bits per heavy atom. The van der Waals surface area contributed by atoms with E-state index in [-0.39, 0.29) is 0 Å². The van der Waals surface area contributed by atoms with Crippen LogP contribution in [0.15, 0.2) is 24.3 Å². The molecule has 0 aromatic heterocycles. The maximum atomic E-state index is 3.67. The average Bonchev–Trinajstić information content (AvgIpc) is 2.35. The number of benzene rings is 1. The fourth-order valence-corrected chi connectivity index (χ4v) is 2.28. The van der Waals surface area contributed by atoms with E-state index in [1.165, 1.54) is 24.1 Å². The lowest BCUT2D eigenvalue weighted by atomic mass is 10.00. The van der Waals surface area contributed by atoms with Crippen LogP contribution in [0.1, 0.15) is 38.7 Å². The van der Waals surface area contributed by atoms with Gasteiger partial charge in [-0.25, -0.2) is 0 Å². The lowest BCUT2D eigenvalue weighted by molar-refractivity contribution is 0.440. The molecule has 96 valence electrons. The number of likely N-dealkylation sites (N-methyl/N-ethyl adjacent to an activating group) is 1. The number of anilines is 1. The predicted octanol–water partition coefficient (Wildman–Crippen LogP) is 3.57. The minimum absolute atomic E-state index is 0.501. The van der Waals surface area contributed by atoms with E-state index < -0.39 is 0 Å². The summed E-state index contributed by atoms with van der Waals surface area (Å²) < 4.78 is 0. The fraction of sp³-hybridized carbons (Fsp3) is 0.600. The van der Waals surface area contributed by atoms with Crippen LogP contribution in [0, 0.1) is 6.92 Å². The Bertz CT molecular complexity index is 322. The maximum Gasteiger partial charge on any atom is 0.0411 e. The third-order valence-corrected chi connectivity index (χ3v) is 3.38. The van der Waals surface area contributed by atoms with Gasteiger partial charge in [-0.3, -0.25) is 0 Å². The second-order valence-corrected chi connectivity index (χ2v) is 4.66. The standard InChI is InChI=1S/C15H26N2/c1-5-9-15(16-4)13(6-2)17-14-11-8-7-10-12(14)3/h7-8,10-11,13,15-17H,5-6,9H2,1-4H3. The second kappa shape index (κ2) is 7.33. The molecule has 2 heteroatoms. The maximum absolute atomic E-state index is 3.67. The summed E-state index contributed by atoms with van der Waals surface area (Å²) in [6.07, 6.45) is 3.57.